The molecule has 1 aromatic carbocycles. The van der Waals surface area contributed by atoms with E-state index in [4.69, 9.17) is 21.6 Å². The Hall–Kier alpha value is -2.38. The van der Waals surface area contributed by atoms with Crippen molar-refractivity contribution < 1.29 is 0 Å². The summed E-state index contributed by atoms with van der Waals surface area (Å²) in [5.41, 5.74) is 1.78. The Balaban J connectivity index is 1.38. The highest BCUT2D eigenvalue weighted by Crippen LogP contribution is 2.28. The van der Waals surface area contributed by atoms with E-state index in [0.29, 0.717) is 5.02 Å². The smallest absolute Gasteiger partial charge is 0.229 e. The van der Waals surface area contributed by atoms with Crippen LogP contribution in [0, 0.1) is 0 Å². The first kappa shape index (κ1) is 19.6. The second-order valence-corrected chi connectivity index (χ2v) is 8.76. The van der Waals surface area contributed by atoms with Gasteiger partial charge in [-0.25, -0.2) is 0 Å². The van der Waals surface area contributed by atoms with Gasteiger partial charge in [0.2, 0.25) is 5.95 Å². The Morgan fingerprint density at radius 3 is 2.43 bits per heavy atom. The molecule has 0 spiro atoms. The van der Waals surface area contributed by atoms with Gasteiger partial charge in [-0.15, -0.1) is 0 Å². The van der Waals surface area contributed by atoms with E-state index < -0.39 is 0 Å². The molecule has 8 heteroatoms. The Kier molecular flexibility index (Phi) is 5.48. The average molecular weight is 426 g/mol. The average Bonchev–Trinajstić information content (AvgIpc) is 3.17. The predicted molar refractivity (Wildman–Crippen MR) is 122 cm³/mol. The summed E-state index contributed by atoms with van der Waals surface area (Å²) in [5, 5.41) is 9.45. The molecule has 1 aliphatic heterocycles. The molecule has 0 radical (unpaired) electrons. The van der Waals surface area contributed by atoms with Gasteiger partial charge in [-0.2, -0.15) is 15.1 Å². The second kappa shape index (κ2) is 8.40. The Bertz CT molecular complexity index is 1000. The van der Waals surface area contributed by atoms with E-state index >= 15 is 0 Å². The number of hydrogen-bond donors (Lipinski definition) is 1. The summed E-state index contributed by atoms with van der Waals surface area (Å²) < 4.78 is 1.81. The predicted octanol–water partition coefficient (Wildman–Crippen LogP) is 4.22. The minimum Gasteiger partial charge on any atom is -0.339 e. The SMILES string of the molecule is Cn1ncc2c(Nc3ccc(Cl)cc3)nc(N3CCN(C4CCCCC4)CC3)nc21. The van der Waals surface area contributed by atoms with Crippen molar-refractivity contribution in [2.45, 2.75) is 38.1 Å². The molecule has 0 bridgehead atoms. The molecule has 3 aromatic rings. The van der Waals surface area contributed by atoms with Gasteiger partial charge in [0, 0.05) is 50.0 Å². The van der Waals surface area contributed by atoms with Gasteiger partial charge in [0.1, 0.15) is 5.82 Å². The first-order valence-electron chi connectivity index (χ1n) is 10.9. The summed E-state index contributed by atoms with van der Waals surface area (Å²) in [7, 11) is 1.92. The molecule has 0 atom stereocenters. The molecule has 1 N–H and O–H groups in total. The summed E-state index contributed by atoms with van der Waals surface area (Å²) in [5.74, 6) is 1.55. The highest BCUT2D eigenvalue weighted by atomic mass is 35.5. The number of benzene rings is 1. The molecule has 1 saturated carbocycles. The van der Waals surface area contributed by atoms with Crippen LogP contribution in [-0.2, 0) is 7.05 Å². The molecule has 0 unspecified atom stereocenters. The Morgan fingerprint density at radius 2 is 1.70 bits per heavy atom. The standard InChI is InChI=1S/C22H28ClN7/c1-28-21-19(15-24-28)20(25-17-9-7-16(23)8-10-17)26-22(27-21)30-13-11-29(12-14-30)18-5-3-2-4-6-18/h7-10,15,18H,2-6,11-14H2,1H3,(H,25,26,27). The van der Waals surface area contributed by atoms with Crippen LogP contribution >= 0.6 is 11.6 Å². The molecule has 30 heavy (non-hydrogen) atoms. The molecule has 3 heterocycles. The summed E-state index contributed by atoms with van der Waals surface area (Å²) in [6, 6.07) is 8.42. The first-order valence-corrected chi connectivity index (χ1v) is 11.3. The highest BCUT2D eigenvalue weighted by Gasteiger charge is 2.26. The van der Waals surface area contributed by atoms with Gasteiger partial charge in [-0.05, 0) is 37.1 Å². The number of nitrogens with one attached hydrogen (secondary N) is 1. The molecular formula is C22H28ClN7. The third-order valence-electron chi connectivity index (χ3n) is 6.38. The number of nitrogens with zero attached hydrogens (tertiary/aromatic N) is 6. The van der Waals surface area contributed by atoms with Crippen molar-refractivity contribution >= 4 is 40.1 Å². The quantitative estimate of drug-likeness (QED) is 0.675. The van der Waals surface area contributed by atoms with Crippen molar-refractivity contribution in [1.82, 2.24) is 24.6 Å². The van der Waals surface area contributed by atoms with E-state index in [-0.39, 0.29) is 0 Å². The third-order valence-corrected chi connectivity index (χ3v) is 6.63. The van der Waals surface area contributed by atoms with E-state index in [1.54, 1.807) is 0 Å². The van der Waals surface area contributed by atoms with Crippen LogP contribution in [0.25, 0.3) is 11.0 Å². The molecule has 1 aliphatic carbocycles. The van der Waals surface area contributed by atoms with Gasteiger partial charge in [0.05, 0.1) is 11.6 Å². The topological polar surface area (TPSA) is 62.1 Å². The van der Waals surface area contributed by atoms with Gasteiger partial charge in [-0.3, -0.25) is 9.58 Å². The third kappa shape index (κ3) is 3.96. The minimum atomic E-state index is 0.714. The number of rotatable bonds is 4. The van der Waals surface area contributed by atoms with Crippen molar-refractivity contribution in [1.29, 1.82) is 0 Å². The molecule has 1 saturated heterocycles. The number of aromatic nitrogens is 4. The van der Waals surface area contributed by atoms with E-state index in [2.05, 4.69) is 20.2 Å². The van der Waals surface area contributed by atoms with Gasteiger partial charge in [-0.1, -0.05) is 30.9 Å². The monoisotopic (exact) mass is 425 g/mol. The largest absolute Gasteiger partial charge is 0.339 e. The lowest BCUT2D eigenvalue weighted by molar-refractivity contribution is 0.147. The van der Waals surface area contributed by atoms with Crippen LogP contribution in [0.1, 0.15) is 32.1 Å². The fourth-order valence-electron chi connectivity index (χ4n) is 4.65. The van der Waals surface area contributed by atoms with E-state index in [9.17, 15) is 0 Å². The maximum absolute atomic E-state index is 6.03. The zero-order valence-corrected chi connectivity index (χ0v) is 18.1. The van der Waals surface area contributed by atoms with E-state index in [1.165, 1.54) is 32.1 Å². The maximum atomic E-state index is 6.03. The molecule has 5 rings (SSSR count). The molecule has 2 aromatic heterocycles. The number of anilines is 3. The van der Waals surface area contributed by atoms with Gasteiger partial charge >= 0.3 is 0 Å². The first-order chi connectivity index (χ1) is 14.7. The molecule has 158 valence electrons. The molecule has 7 nitrogen and oxygen atoms in total. The summed E-state index contributed by atoms with van der Waals surface area (Å²) in [6.45, 7) is 4.08. The van der Waals surface area contributed by atoms with Crippen LogP contribution in [0.15, 0.2) is 30.5 Å². The summed E-state index contributed by atoms with van der Waals surface area (Å²) >= 11 is 6.03. The Morgan fingerprint density at radius 1 is 0.967 bits per heavy atom. The van der Waals surface area contributed by atoms with Crippen LogP contribution in [0.5, 0.6) is 0 Å². The Labute approximate surface area is 182 Å². The lowest BCUT2D eigenvalue weighted by Gasteiger charge is -2.40. The van der Waals surface area contributed by atoms with E-state index in [0.717, 1.165) is 60.7 Å². The fourth-order valence-corrected chi connectivity index (χ4v) is 4.78. The number of piperazine rings is 1. The van der Waals surface area contributed by atoms with Crippen LogP contribution in [0.4, 0.5) is 17.5 Å². The lowest BCUT2D eigenvalue weighted by atomic mass is 9.94. The maximum Gasteiger partial charge on any atom is 0.229 e. The van der Waals surface area contributed by atoms with Gasteiger partial charge in [0.15, 0.2) is 5.65 Å². The van der Waals surface area contributed by atoms with Crippen LogP contribution in [0.2, 0.25) is 5.02 Å². The van der Waals surface area contributed by atoms with Crippen molar-refractivity contribution in [3.8, 4) is 0 Å². The number of aryl methyl sites for hydroxylation is 1. The zero-order chi connectivity index (χ0) is 20.5. The summed E-state index contributed by atoms with van der Waals surface area (Å²) in [4.78, 5) is 14.7. The molecule has 2 aliphatic rings. The van der Waals surface area contributed by atoms with Crippen LogP contribution < -0.4 is 10.2 Å². The second-order valence-electron chi connectivity index (χ2n) is 8.32. The van der Waals surface area contributed by atoms with Crippen molar-refractivity contribution in [2.24, 2.45) is 7.05 Å². The lowest BCUT2D eigenvalue weighted by Crippen LogP contribution is -2.51. The highest BCUT2D eigenvalue weighted by molar-refractivity contribution is 6.30. The van der Waals surface area contributed by atoms with Crippen molar-refractivity contribution in [2.75, 3.05) is 36.4 Å². The van der Waals surface area contributed by atoms with Gasteiger partial charge in [0.25, 0.3) is 0 Å². The normalized spacial score (nSPS) is 18.8. The number of fused-ring (bicyclic) bond motifs is 1. The number of halogens is 1. The zero-order valence-electron chi connectivity index (χ0n) is 17.4. The molecule has 0 amide bonds. The van der Waals surface area contributed by atoms with E-state index in [1.807, 2.05) is 42.2 Å². The number of hydrogen-bond acceptors (Lipinski definition) is 6. The molecule has 2 fully saturated rings. The minimum absolute atomic E-state index is 0.714. The van der Waals surface area contributed by atoms with Crippen LogP contribution in [-0.4, -0.2) is 56.9 Å². The fraction of sp³-hybridized carbons (Fsp3) is 0.500. The van der Waals surface area contributed by atoms with Gasteiger partial charge < -0.3 is 10.2 Å². The molecular weight excluding hydrogens is 398 g/mol. The van der Waals surface area contributed by atoms with Crippen molar-refractivity contribution in [3.05, 3.63) is 35.5 Å². The summed E-state index contributed by atoms with van der Waals surface area (Å²) in [6.07, 6.45) is 8.69. The van der Waals surface area contributed by atoms with Crippen molar-refractivity contribution in [3.63, 3.8) is 0 Å². The van der Waals surface area contributed by atoms with Crippen LogP contribution in [0.3, 0.4) is 0 Å².